The Morgan fingerprint density at radius 1 is 1.50 bits per heavy atom. The quantitative estimate of drug-likeness (QED) is 0.906. The summed E-state index contributed by atoms with van der Waals surface area (Å²) < 4.78 is 15.5. The van der Waals surface area contributed by atoms with Crippen molar-refractivity contribution in [3.05, 3.63) is 47.0 Å². The van der Waals surface area contributed by atoms with E-state index in [9.17, 15) is 9.18 Å². The standard InChI is InChI=1S/C14H15ClFN3O/c1-2-6-19-8-9(17)7-12(19)14(20)18-11-5-3-4-10(15)13(11)16/h3-5,7-8H,2,6,17H2,1H3,(H,18,20). The second-order valence-electron chi connectivity index (χ2n) is 4.41. The molecule has 0 aliphatic rings. The van der Waals surface area contributed by atoms with Crippen molar-refractivity contribution in [3.8, 4) is 0 Å². The Morgan fingerprint density at radius 2 is 2.25 bits per heavy atom. The van der Waals surface area contributed by atoms with Gasteiger partial charge in [0, 0.05) is 12.7 Å². The number of rotatable bonds is 4. The second kappa shape index (κ2) is 5.96. The van der Waals surface area contributed by atoms with Crippen LogP contribution in [0.1, 0.15) is 23.8 Å². The lowest BCUT2D eigenvalue weighted by molar-refractivity contribution is 0.101. The van der Waals surface area contributed by atoms with Crippen molar-refractivity contribution in [1.29, 1.82) is 0 Å². The summed E-state index contributed by atoms with van der Waals surface area (Å²) >= 11 is 5.68. The topological polar surface area (TPSA) is 60.0 Å². The summed E-state index contributed by atoms with van der Waals surface area (Å²) in [5.74, 6) is -1.07. The highest BCUT2D eigenvalue weighted by Crippen LogP contribution is 2.23. The first kappa shape index (κ1) is 14.4. The minimum atomic E-state index is -0.649. The largest absolute Gasteiger partial charge is 0.397 e. The molecular formula is C14H15ClFN3O. The van der Waals surface area contributed by atoms with Crippen LogP contribution in [0.5, 0.6) is 0 Å². The number of nitrogens with two attached hydrogens (primary N) is 1. The van der Waals surface area contributed by atoms with Gasteiger partial charge in [0.15, 0.2) is 5.82 Å². The molecule has 4 nitrogen and oxygen atoms in total. The average Bonchev–Trinajstić information content (AvgIpc) is 2.76. The Kier molecular flexibility index (Phi) is 4.29. The van der Waals surface area contributed by atoms with Crippen molar-refractivity contribution in [1.82, 2.24) is 4.57 Å². The zero-order valence-electron chi connectivity index (χ0n) is 11.0. The fraction of sp³-hybridized carbons (Fsp3) is 0.214. The Hall–Kier alpha value is -2.01. The number of hydrogen-bond acceptors (Lipinski definition) is 2. The molecule has 0 aliphatic heterocycles. The normalized spacial score (nSPS) is 10.6. The number of nitrogens with one attached hydrogen (secondary N) is 1. The van der Waals surface area contributed by atoms with Gasteiger partial charge in [0.05, 0.1) is 16.4 Å². The van der Waals surface area contributed by atoms with Crippen LogP contribution in [0.3, 0.4) is 0 Å². The van der Waals surface area contributed by atoms with E-state index in [0.717, 1.165) is 6.42 Å². The maximum atomic E-state index is 13.8. The van der Waals surface area contributed by atoms with Gasteiger partial charge in [0.2, 0.25) is 0 Å². The van der Waals surface area contributed by atoms with Gasteiger partial charge in [-0.2, -0.15) is 0 Å². The third-order valence-corrected chi connectivity index (χ3v) is 3.11. The molecule has 2 aromatic rings. The van der Waals surface area contributed by atoms with Crippen molar-refractivity contribution in [2.24, 2.45) is 0 Å². The number of carbonyl (C=O) groups is 1. The lowest BCUT2D eigenvalue weighted by Gasteiger charge is -2.09. The highest BCUT2D eigenvalue weighted by molar-refractivity contribution is 6.31. The monoisotopic (exact) mass is 295 g/mol. The van der Waals surface area contributed by atoms with Crippen LogP contribution >= 0.6 is 11.6 Å². The van der Waals surface area contributed by atoms with E-state index in [4.69, 9.17) is 17.3 Å². The van der Waals surface area contributed by atoms with Crippen LogP contribution in [-0.2, 0) is 6.54 Å². The first-order chi connectivity index (χ1) is 9.52. The Morgan fingerprint density at radius 3 is 2.95 bits per heavy atom. The number of aryl methyl sites for hydroxylation is 1. The molecule has 0 atom stereocenters. The van der Waals surface area contributed by atoms with Gasteiger partial charge >= 0.3 is 0 Å². The molecule has 106 valence electrons. The lowest BCUT2D eigenvalue weighted by atomic mass is 10.3. The maximum absolute atomic E-state index is 13.8. The van der Waals surface area contributed by atoms with E-state index in [2.05, 4.69) is 5.32 Å². The number of aromatic nitrogens is 1. The number of halogens is 2. The third kappa shape index (κ3) is 2.93. The van der Waals surface area contributed by atoms with Crippen LogP contribution in [0.4, 0.5) is 15.8 Å². The van der Waals surface area contributed by atoms with E-state index >= 15 is 0 Å². The van der Waals surface area contributed by atoms with Gasteiger partial charge in [-0.15, -0.1) is 0 Å². The number of amides is 1. The molecule has 0 unspecified atom stereocenters. The molecule has 0 radical (unpaired) electrons. The van der Waals surface area contributed by atoms with Crippen molar-refractivity contribution < 1.29 is 9.18 Å². The molecule has 0 saturated carbocycles. The van der Waals surface area contributed by atoms with E-state index in [1.54, 1.807) is 22.9 Å². The van der Waals surface area contributed by atoms with Crippen LogP contribution in [0.25, 0.3) is 0 Å². The van der Waals surface area contributed by atoms with E-state index in [-0.39, 0.29) is 10.7 Å². The zero-order chi connectivity index (χ0) is 14.7. The van der Waals surface area contributed by atoms with Gasteiger partial charge in [-0.25, -0.2) is 4.39 Å². The van der Waals surface area contributed by atoms with Gasteiger partial charge in [0.1, 0.15) is 5.69 Å². The number of nitrogens with zero attached hydrogens (tertiary/aromatic N) is 1. The molecule has 0 bridgehead atoms. The first-order valence-electron chi connectivity index (χ1n) is 6.24. The van der Waals surface area contributed by atoms with Gasteiger partial charge in [-0.1, -0.05) is 24.6 Å². The minimum Gasteiger partial charge on any atom is -0.397 e. The second-order valence-corrected chi connectivity index (χ2v) is 4.81. The SMILES string of the molecule is CCCn1cc(N)cc1C(=O)Nc1cccc(Cl)c1F. The van der Waals surface area contributed by atoms with Crippen LogP contribution in [-0.4, -0.2) is 10.5 Å². The highest BCUT2D eigenvalue weighted by Gasteiger charge is 2.15. The molecule has 0 spiro atoms. The minimum absolute atomic E-state index is 0.0359. The summed E-state index contributed by atoms with van der Waals surface area (Å²) in [5, 5.41) is 2.47. The maximum Gasteiger partial charge on any atom is 0.272 e. The van der Waals surface area contributed by atoms with Gasteiger partial charge in [0.25, 0.3) is 5.91 Å². The number of nitrogen functional groups attached to an aromatic ring is 1. The molecular weight excluding hydrogens is 281 g/mol. The fourth-order valence-corrected chi connectivity index (χ4v) is 2.11. The molecule has 20 heavy (non-hydrogen) atoms. The van der Waals surface area contributed by atoms with E-state index in [1.165, 1.54) is 12.1 Å². The van der Waals surface area contributed by atoms with Crippen LogP contribution < -0.4 is 11.1 Å². The first-order valence-corrected chi connectivity index (χ1v) is 6.61. The van der Waals surface area contributed by atoms with E-state index in [0.29, 0.717) is 17.9 Å². The molecule has 0 fully saturated rings. The molecule has 0 aliphatic carbocycles. The Balaban J connectivity index is 2.26. The van der Waals surface area contributed by atoms with Crippen LogP contribution in [0.15, 0.2) is 30.5 Å². The van der Waals surface area contributed by atoms with Crippen molar-refractivity contribution in [2.75, 3.05) is 11.1 Å². The molecule has 0 saturated heterocycles. The lowest BCUT2D eigenvalue weighted by Crippen LogP contribution is -2.17. The highest BCUT2D eigenvalue weighted by atomic mass is 35.5. The summed E-state index contributed by atoms with van der Waals surface area (Å²) in [4.78, 5) is 12.2. The number of anilines is 2. The fourth-order valence-electron chi connectivity index (χ4n) is 1.94. The van der Waals surface area contributed by atoms with Crippen molar-refractivity contribution in [2.45, 2.75) is 19.9 Å². The predicted molar refractivity (Wildman–Crippen MR) is 78.5 cm³/mol. The molecule has 2 rings (SSSR count). The number of carbonyl (C=O) groups excluding carboxylic acids is 1. The molecule has 1 aromatic heterocycles. The van der Waals surface area contributed by atoms with Crippen molar-refractivity contribution >= 4 is 28.9 Å². The average molecular weight is 296 g/mol. The Bertz CT molecular complexity index is 639. The smallest absolute Gasteiger partial charge is 0.272 e. The van der Waals surface area contributed by atoms with E-state index < -0.39 is 11.7 Å². The zero-order valence-corrected chi connectivity index (χ0v) is 11.7. The molecule has 1 aromatic carbocycles. The molecule has 1 heterocycles. The van der Waals surface area contributed by atoms with Crippen molar-refractivity contribution in [3.63, 3.8) is 0 Å². The van der Waals surface area contributed by atoms with Gasteiger partial charge in [-0.05, 0) is 24.6 Å². The van der Waals surface area contributed by atoms with E-state index in [1.807, 2.05) is 6.92 Å². The molecule has 3 N–H and O–H groups in total. The van der Waals surface area contributed by atoms with Crippen LogP contribution in [0, 0.1) is 5.82 Å². The predicted octanol–water partition coefficient (Wildman–Crippen LogP) is 3.53. The number of benzene rings is 1. The third-order valence-electron chi connectivity index (χ3n) is 2.81. The summed E-state index contributed by atoms with van der Waals surface area (Å²) in [5.41, 5.74) is 6.63. The summed E-state index contributed by atoms with van der Waals surface area (Å²) in [6.07, 6.45) is 2.55. The van der Waals surface area contributed by atoms with Crippen LogP contribution in [0.2, 0.25) is 5.02 Å². The van der Waals surface area contributed by atoms with Gasteiger partial charge < -0.3 is 15.6 Å². The molecule has 1 amide bonds. The van der Waals surface area contributed by atoms with Gasteiger partial charge in [-0.3, -0.25) is 4.79 Å². The molecule has 6 heteroatoms. The summed E-state index contributed by atoms with van der Waals surface area (Å²) in [6, 6.07) is 6.01. The summed E-state index contributed by atoms with van der Waals surface area (Å²) in [7, 11) is 0. The summed E-state index contributed by atoms with van der Waals surface area (Å²) in [6.45, 7) is 2.66. The number of hydrogen-bond donors (Lipinski definition) is 2. The Labute approximate surface area is 121 Å².